The van der Waals surface area contributed by atoms with Crippen LogP contribution in [0, 0.1) is 18.8 Å². The first-order chi connectivity index (χ1) is 11.2. The Balaban J connectivity index is 2.47. The predicted octanol–water partition coefficient (Wildman–Crippen LogP) is 3.70. The molecule has 3 N–H and O–H groups in total. The summed E-state index contributed by atoms with van der Waals surface area (Å²) in [5, 5.41) is 15.7. The Morgan fingerprint density at radius 2 is 1.92 bits per heavy atom. The highest BCUT2D eigenvalue weighted by atomic mass is 35.5. The van der Waals surface area contributed by atoms with Crippen LogP contribution in [-0.2, 0) is 9.59 Å². The third-order valence-electron chi connectivity index (χ3n) is 3.71. The van der Waals surface area contributed by atoms with Crippen molar-refractivity contribution in [2.75, 3.05) is 11.9 Å². The van der Waals surface area contributed by atoms with Crippen LogP contribution in [-0.4, -0.2) is 29.6 Å². The van der Waals surface area contributed by atoms with Gasteiger partial charge in [-0.3, -0.25) is 9.59 Å². The second-order valence-electron chi connectivity index (χ2n) is 6.71. The van der Waals surface area contributed by atoms with Gasteiger partial charge in [0.05, 0.1) is 16.6 Å². The Labute approximate surface area is 148 Å². The minimum atomic E-state index is -0.806. The van der Waals surface area contributed by atoms with E-state index in [1.54, 1.807) is 12.1 Å². The number of benzene rings is 1. The summed E-state index contributed by atoms with van der Waals surface area (Å²) >= 11 is 6.10. The van der Waals surface area contributed by atoms with Gasteiger partial charge in [-0.1, -0.05) is 31.5 Å². The van der Waals surface area contributed by atoms with Crippen molar-refractivity contribution in [3.05, 3.63) is 28.8 Å². The Kier molecular flexibility index (Phi) is 8.22. The number of carboxylic acids is 1. The Morgan fingerprint density at radius 1 is 1.25 bits per heavy atom. The second kappa shape index (κ2) is 9.64. The van der Waals surface area contributed by atoms with Gasteiger partial charge in [-0.05, 0) is 43.9 Å². The molecule has 6 heteroatoms. The molecule has 0 aliphatic heterocycles. The molecule has 2 unspecified atom stereocenters. The third kappa shape index (κ3) is 7.32. The summed E-state index contributed by atoms with van der Waals surface area (Å²) in [7, 11) is 0. The molecule has 0 aliphatic rings. The van der Waals surface area contributed by atoms with E-state index < -0.39 is 11.9 Å². The average Bonchev–Trinajstić information content (AvgIpc) is 2.45. The van der Waals surface area contributed by atoms with Crippen molar-refractivity contribution in [2.24, 2.45) is 11.8 Å². The number of carboxylic acid groups (broad SMARTS) is 1. The lowest BCUT2D eigenvalue weighted by Gasteiger charge is -2.19. The summed E-state index contributed by atoms with van der Waals surface area (Å²) in [6.07, 6.45) is 0.860. The highest BCUT2D eigenvalue weighted by Crippen LogP contribution is 2.22. The maximum Gasteiger partial charge on any atom is 0.307 e. The molecule has 1 rings (SSSR count). The van der Waals surface area contributed by atoms with Gasteiger partial charge in [-0.25, -0.2) is 0 Å². The molecule has 24 heavy (non-hydrogen) atoms. The van der Waals surface area contributed by atoms with Gasteiger partial charge < -0.3 is 15.7 Å². The van der Waals surface area contributed by atoms with Crippen molar-refractivity contribution in [3.63, 3.8) is 0 Å². The van der Waals surface area contributed by atoms with Crippen LogP contribution in [0.1, 0.15) is 39.2 Å². The fourth-order valence-corrected chi connectivity index (χ4v) is 2.74. The van der Waals surface area contributed by atoms with Gasteiger partial charge in [0.25, 0.3) is 0 Å². The van der Waals surface area contributed by atoms with E-state index >= 15 is 0 Å². The van der Waals surface area contributed by atoms with Crippen LogP contribution in [0.4, 0.5) is 5.69 Å². The molecule has 2 atom stereocenters. The summed E-state index contributed by atoms with van der Waals surface area (Å²) in [6, 6.07) is 5.33. The van der Waals surface area contributed by atoms with Gasteiger partial charge >= 0.3 is 5.97 Å². The van der Waals surface area contributed by atoms with E-state index in [1.807, 2.05) is 33.8 Å². The van der Waals surface area contributed by atoms with E-state index in [9.17, 15) is 14.7 Å². The third-order valence-corrected chi connectivity index (χ3v) is 4.02. The standard InChI is InChI=1S/C18H27ClN2O3/c1-11(2)7-14(18(23)24)10-20-13(4)9-17(22)21-16-6-5-12(3)8-15(16)19/h5-6,8,11,13-14,20H,7,9-10H2,1-4H3,(H,21,22)(H,23,24). The van der Waals surface area contributed by atoms with Crippen LogP contribution in [0.2, 0.25) is 5.02 Å². The van der Waals surface area contributed by atoms with Crippen LogP contribution >= 0.6 is 11.6 Å². The molecule has 1 aromatic rings. The summed E-state index contributed by atoms with van der Waals surface area (Å²) < 4.78 is 0. The van der Waals surface area contributed by atoms with Crippen molar-refractivity contribution in [2.45, 2.75) is 46.6 Å². The van der Waals surface area contributed by atoms with Crippen LogP contribution in [0.5, 0.6) is 0 Å². The number of carbonyl (C=O) groups is 2. The number of halogens is 1. The normalized spacial score (nSPS) is 13.6. The van der Waals surface area contributed by atoms with Gasteiger partial charge in [0.2, 0.25) is 5.91 Å². The Bertz CT molecular complexity index is 575. The Hall–Kier alpha value is -1.59. The first kappa shape index (κ1) is 20.5. The molecule has 0 heterocycles. The SMILES string of the molecule is Cc1ccc(NC(=O)CC(C)NCC(CC(C)C)C(=O)O)c(Cl)c1. The smallest absolute Gasteiger partial charge is 0.307 e. The lowest BCUT2D eigenvalue weighted by molar-refractivity contribution is -0.142. The molecule has 0 aliphatic carbocycles. The quantitative estimate of drug-likeness (QED) is 0.631. The molecule has 134 valence electrons. The van der Waals surface area contributed by atoms with Crippen LogP contribution in [0.3, 0.4) is 0 Å². The number of hydrogen-bond acceptors (Lipinski definition) is 3. The molecule has 0 spiro atoms. The number of anilines is 1. The lowest BCUT2D eigenvalue weighted by atomic mass is 9.97. The van der Waals surface area contributed by atoms with Gasteiger partial charge in [0, 0.05) is 19.0 Å². The van der Waals surface area contributed by atoms with E-state index in [1.165, 1.54) is 0 Å². The van der Waals surface area contributed by atoms with Gasteiger partial charge in [-0.2, -0.15) is 0 Å². The largest absolute Gasteiger partial charge is 0.481 e. The van der Waals surface area contributed by atoms with Crippen molar-refractivity contribution in [1.29, 1.82) is 0 Å². The topological polar surface area (TPSA) is 78.4 Å². The summed E-state index contributed by atoms with van der Waals surface area (Å²) in [5.41, 5.74) is 1.61. The molecule has 1 amide bonds. The molecular weight excluding hydrogens is 328 g/mol. The van der Waals surface area contributed by atoms with Crippen molar-refractivity contribution in [1.82, 2.24) is 5.32 Å². The number of amides is 1. The summed E-state index contributed by atoms with van der Waals surface area (Å²) in [6.45, 7) is 8.15. The van der Waals surface area contributed by atoms with Crippen molar-refractivity contribution < 1.29 is 14.7 Å². The zero-order valence-corrected chi connectivity index (χ0v) is 15.5. The number of rotatable bonds is 9. The van der Waals surface area contributed by atoms with Gasteiger partial charge in [-0.15, -0.1) is 0 Å². The molecule has 0 aromatic heterocycles. The van der Waals surface area contributed by atoms with Crippen LogP contribution in [0.15, 0.2) is 18.2 Å². The molecule has 0 bridgehead atoms. The molecule has 0 fully saturated rings. The number of nitrogens with one attached hydrogen (secondary N) is 2. The molecular formula is C18H27ClN2O3. The zero-order chi connectivity index (χ0) is 18.3. The minimum Gasteiger partial charge on any atom is -0.481 e. The maximum atomic E-state index is 12.1. The first-order valence-corrected chi connectivity index (χ1v) is 8.59. The van der Waals surface area contributed by atoms with E-state index in [0.29, 0.717) is 29.6 Å². The van der Waals surface area contributed by atoms with E-state index in [2.05, 4.69) is 10.6 Å². The molecule has 0 saturated heterocycles. The predicted molar refractivity (Wildman–Crippen MR) is 97.5 cm³/mol. The van der Waals surface area contributed by atoms with Crippen LogP contribution in [0.25, 0.3) is 0 Å². The fourth-order valence-electron chi connectivity index (χ4n) is 2.46. The molecule has 0 radical (unpaired) electrons. The average molecular weight is 355 g/mol. The number of aliphatic carboxylic acids is 1. The van der Waals surface area contributed by atoms with Crippen LogP contribution < -0.4 is 10.6 Å². The first-order valence-electron chi connectivity index (χ1n) is 8.21. The zero-order valence-electron chi connectivity index (χ0n) is 14.7. The lowest BCUT2D eigenvalue weighted by Crippen LogP contribution is -2.37. The molecule has 5 nitrogen and oxygen atoms in total. The van der Waals surface area contributed by atoms with Gasteiger partial charge in [0.15, 0.2) is 0 Å². The van der Waals surface area contributed by atoms with E-state index in [4.69, 9.17) is 11.6 Å². The second-order valence-corrected chi connectivity index (χ2v) is 7.12. The number of hydrogen-bond donors (Lipinski definition) is 3. The van der Waals surface area contributed by atoms with Crippen molar-refractivity contribution in [3.8, 4) is 0 Å². The molecule has 0 saturated carbocycles. The number of aryl methyl sites for hydroxylation is 1. The molecule has 1 aromatic carbocycles. The Morgan fingerprint density at radius 3 is 2.46 bits per heavy atom. The number of carbonyl (C=O) groups excluding carboxylic acids is 1. The van der Waals surface area contributed by atoms with Gasteiger partial charge in [0.1, 0.15) is 0 Å². The summed E-state index contributed by atoms with van der Waals surface area (Å²) in [4.78, 5) is 23.3. The fraction of sp³-hybridized carbons (Fsp3) is 0.556. The highest BCUT2D eigenvalue weighted by Gasteiger charge is 2.20. The van der Waals surface area contributed by atoms with E-state index in [0.717, 1.165) is 5.56 Å². The van der Waals surface area contributed by atoms with Crippen molar-refractivity contribution >= 4 is 29.2 Å². The highest BCUT2D eigenvalue weighted by molar-refractivity contribution is 6.33. The van der Waals surface area contributed by atoms with E-state index in [-0.39, 0.29) is 18.4 Å². The summed E-state index contributed by atoms with van der Waals surface area (Å²) in [5.74, 6) is -1.09. The monoisotopic (exact) mass is 354 g/mol. The maximum absolute atomic E-state index is 12.1. The minimum absolute atomic E-state index is 0.122.